The van der Waals surface area contributed by atoms with Crippen LogP contribution in [0.1, 0.15) is 18.9 Å². The molecule has 0 bridgehead atoms. The fourth-order valence-corrected chi connectivity index (χ4v) is 2.76. The third-order valence-corrected chi connectivity index (χ3v) is 3.92. The molecule has 2 rings (SSSR count). The summed E-state index contributed by atoms with van der Waals surface area (Å²) in [6.45, 7) is 6.33. The number of hydrogen-bond donors (Lipinski definition) is 2. The van der Waals surface area contributed by atoms with Crippen LogP contribution in [0, 0.1) is 0 Å². The normalized spacial score (nSPS) is 20.1. The van der Waals surface area contributed by atoms with Gasteiger partial charge in [-0.05, 0) is 13.8 Å². The van der Waals surface area contributed by atoms with Crippen LogP contribution >= 0.6 is 11.3 Å². The first kappa shape index (κ1) is 15.1. The molecule has 1 atom stereocenters. The van der Waals surface area contributed by atoms with E-state index >= 15 is 0 Å². The zero-order valence-electron chi connectivity index (χ0n) is 12.0. The fourth-order valence-electron chi connectivity index (χ4n) is 2.04. The second-order valence-electron chi connectivity index (χ2n) is 4.98. The van der Waals surface area contributed by atoms with Gasteiger partial charge in [0.05, 0.1) is 19.8 Å². The van der Waals surface area contributed by atoms with E-state index < -0.39 is 0 Å². The summed E-state index contributed by atoms with van der Waals surface area (Å²) in [7, 11) is 1.82. The number of ether oxygens (including phenoxy) is 1. The molecule has 1 unspecified atom stereocenters. The van der Waals surface area contributed by atoms with Crippen molar-refractivity contribution >= 4 is 22.4 Å². The maximum absolute atomic E-state index is 12.2. The minimum absolute atomic E-state index is 0.0121. The summed E-state index contributed by atoms with van der Waals surface area (Å²) in [6.07, 6.45) is 0. The summed E-state index contributed by atoms with van der Waals surface area (Å²) in [4.78, 5) is 14.3. The smallest absolute Gasteiger partial charge is 0.239 e. The second-order valence-corrected chi connectivity index (χ2v) is 6.04. The van der Waals surface area contributed by atoms with Gasteiger partial charge in [0.1, 0.15) is 11.0 Å². The molecule has 1 aliphatic rings. The van der Waals surface area contributed by atoms with Gasteiger partial charge in [0.2, 0.25) is 11.0 Å². The van der Waals surface area contributed by atoms with E-state index in [2.05, 4.69) is 25.7 Å². The molecule has 1 aromatic heterocycles. The Labute approximate surface area is 122 Å². The molecule has 112 valence electrons. The van der Waals surface area contributed by atoms with Crippen LogP contribution in [-0.4, -0.2) is 59.9 Å². The van der Waals surface area contributed by atoms with Crippen LogP contribution in [-0.2, 0) is 16.1 Å². The van der Waals surface area contributed by atoms with E-state index in [4.69, 9.17) is 4.74 Å². The molecule has 20 heavy (non-hydrogen) atoms. The largest absolute Gasteiger partial charge is 0.378 e. The maximum Gasteiger partial charge on any atom is 0.239 e. The molecular formula is C12H21N5O2S. The van der Waals surface area contributed by atoms with E-state index in [0.29, 0.717) is 19.8 Å². The average molecular weight is 299 g/mol. The molecule has 1 aromatic rings. The maximum atomic E-state index is 12.2. The van der Waals surface area contributed by atoms with Crippen molar-refractivity contribution in [3.8, 4) is 0 Å². The molecule has 1 amide bonds. The van der Waals surface area contributed by atoms with E-state index in [1.165, 1.54) is 11.3 Å². The Morgan fingerprint density at radius 2 is 2.35 bits per heavy atom. The number of anilines is 1. The van der Waals surface area contributed by atoms with Crippen LogP contribution in [0.4, 0.5) is 5.13 Å². The van der Waals surface area contributed by atoms with Gasteiger partial charge < -0.3 is 15.4 Å². The number of morpholine rings is 1. The van der Waals surface area contributed by atoms with Crippen LogP contribution in [0.5, 0.6) is 0 Å². The van der Waals surface area contributed by atoms with E-state index in [-0.39, 0.29) is 18.0 Å². The number of aromatic nitrogens is 2. The Kier molecular flexibility index (Phi) is 5.27. The van der Waals surface area contributed by atoms with Crippen molar-refractivity contribution in [2.45, 2.75) is 32.5 Å². The SMILES string of the molecule is CNc1nnc(CN2CCOCC2C(=O)NC(C)C)s1. The molecule has 1 saturated heterocycles. The van der Waals surface area contributed by atoms with Gasteiger partial charge in [0.25, 0.3) is 0 Å². The standard InChI is InChI=1S/C12H21N5O2S/c1-8(2)14-11(18)9-7-19-5-4-17(9)6-10-15-16-12(13-3)20-10/h8-9H,4-7H2,1-3H3,(H,13,16)(H,14,18). The van der Waals surface area contributed by atoms with Gasteiger partial charge in [0.15, 0.2) is 0 Å². The van der Waals surface area contributed by atoms with E-state index in [1.54, 1.807) is 0 Å². The highest BCUT2D eigenvalue weighted by Gasteiger charge is 2.30. The monoisotopic (exact) mass is 299 g/mol. The zero-order valence-corrected chi connectivity index (χ0v) is 12.9. The second kappa shape index (κ2) is 6.96. The fraction of sp³-hybridized carbons (Fsp3) is 0.750. The zero-order chi connectivity index (χ0) is 14.5. The van der Waals surface area contributed by atoms with Crippen LogP contribution in [0.3, 0.4) is 0 Å². The van der Waals surface area contributed by atoms with Gasteiger partial charge in [-0.15, -0.1) is 10.2 Å². The third-order valence-electron chi connectivity index (χ3n) is 2.99. The van der Waals surface area contributed by atoms with Crippen molar-refractivity contribution in [3.63, 3.8) is 0 Å². The molecule has 0 saturated carbocycles. The highest BCUT2D eigenvalue weighted by atomic mass is 32.1. The molecule has 0 aromatic carbocycles. The first-order valence-corrected chi connectivity index (χ1v) is 7.54. The van der Waals surface area contributed by atoms with E-state index in [0.717, 1.165) is 16.7 Å². The van der Waals surface area contributed by atoms with Gasteiger partial charge in [-0.1, -0.05) is 11.3 Å². The number of rotatable bonds is 5. The Morgan fingerprint density at radius 3 is 3.00 bits per heavy atom. The average Bonchev–Trinajstić information content (AvgIpc) is 2.86. The molecule has 0 radical (unpaired) electrons. The Bertz CT molecular complexity index is 451. The summed E-state index contributed by atoms with van der Waals surface area (Å²) in [6, 6.07) is -0.128. The third kappa shape index (κ3) is 3.87. The highest BCUT2D eigenvalue weighted by Crippen LogP contribution is 2.18. The number of nitrogens with one attached hydrogen (secondary N) is 2. The number of carbonyl (C=O) groups excluding carboxylic acids is 1. The van der Waals surface area contributed by atoms with Crippen LogP contribution in [0.15, 0.2) is 0 Å². The van der Waals surface area contributed by atoms with Crippen LogP contribution < -0.4 is 10.6 Å². The van der Waals surface area contributed by atoms with Gasteiger partial charge in [-0.2, -0.15) is 0 Å². The lowest BCUT2D eigenvalue weighted by Crippen LogP contribution is -2.54. The number of nitrogens with zero attached hydrogens (tertiary/aromatic N) is 3. The first-order chi connectivity index (χ1) is 9.60. The van der Waals surface area contributed by atoms with Crippen molar-refractivity contribution in [2.75, 3.05) is 32.1 Å². The lowest BCUT2D eigenvalue weighted by Gasteiger charge is -2.34. The van der Waals surface area contributed by atoms with Crippen LogP contribution in [0.2, 0.25) is 0 Å². The molecule has 2 heterocycles. The minimum Gasteiger partial charge on any atom is -0.378 e. The van der Waals surface area contributed by atoms with Gasteiger partial charge in [-0.25, -0.2) is 0 Å². The van der Waals surface area contributed by atoms with Crippen molar-refractivity contribution in [1.29, 1.82) is 0 Å². The molecule has 8 heteroatoms. The molecule has 2 N–H and O–H groups in total. The number of carbonyl (C=O) groups is 1. The summed E-state index contributed by atoms with van der Waals surface area (Å²) < 4.78 is 5.43. The first-order valence-electron chi connectivity index (χ1n) is 6.72. The molecule has 7 nitrogen and oxygen atoms in total. The highest BCUT2D eigenvalue weighted by molar-refractivity contribution is 7.15. The summed E-state index contributed by atoms with van der Waals surface area (Å²) in [5.41, 5.74) is 0. The summed E-state index contributed by atoms with van der Waals surface area (Å²) >= 11 is 1.51. The van der Waals surface area contributed by atoms with Gasteiger partial charge in [-0.3, -0.25) is 9.69 Å². The van der Waals surface area contributed by atoms with Crippen molar-refractivity contribution in [3.05, 3.63) is 5.01 Å². The van der Waals surface area contributed by atoms with E-state index in [1.807, 2.05) is 20.9 Å². The Balaban J connectivity index is 2.01. The topological polar surface area (TPSA) is 79.4 Å². The van der Waals surface area contributed by atoms with E-state index in [9.17, 15) is 4.79 Å². The molecule has 1 fully saturated rings. The predicted molar refractivity (Wildman–Crippen MR) is 77.8 cm³/mol. The number of hydrogen-bond acceptors (Lipinski definition) is 7. The molecule has 0 spiro atoms. The van der Waals surface area contributed by atoms with Crippen molar-refractivity contribution in [2.24, 2.45) is 0 Å². The number of amides is 1. The lowest BCUT2D eigenvalue weighted by molar-refractivity contribution is -0.133. The van der Waals surface area contributed by atoms with Gasteiger partial charge in [0, 0.05) is 19.6 Å². The molecule has 0 aliphatic carbocycles. The summed E-state index contributed by atoms with van der Waals surface area (Å²) in [5.74, 6) is 0.0121. The lowest BCUT2D eigenvalue weighted by atomic mass is 10.2. The molecule has 1 aliphatic heterocycles. The van der Waals surface area contributed by atoms with Gasteiger partial charge >= 0.3 is 0 Å². The molecular weight excluding hydrogens is 278 g/mol. The Morgan fingerprint density at radius 1 is 1.55 bits per heavy atom. The predicted octanol–water partition coefficient (Wildman–Crippen LogP) is 0.305. The summed E-state index contributed by atoms with van der Waals surface area (Å²) in [5, 5.41) is 15.7. The quantitative estimate of drug-likeness (QED) is 0.814. The van der Waals surface area contributed by atoms with Crippen molar-refractivity contribution < 1.29 is 9.53 Å². The van der Waals surface area contributed by atoms with Crippen LogP contribution in [0.25, 0.3) is 0 Å². The minimum atomic E-state index is -0.256. The van der Waals surface area contributed by atoms with Crippen molar-refractivity contribution in [1.82, 2.24) is 20.4 Å². The Hall–Kier alpha value is -1.25.